The van der Waals surface area contributed by atoms with Crippen molar-refractivity contribution in [3.63, 3.8) is 0 Å². The second-order valence-corrected chi connectivity index (χ2v) is 7.53. The van der Waals surface area contributed by atoms with E-state index in [4.69, 9.17) is 0 Å². The molecule has 1 aliphatic heterocycles. The van der Waals surface area contributed by atoms with Crippen molar-refractivity contribution in [3.8, 4) is 5.69 Å². The Morgan fingerprint density at radius 2 is 2.14 bits per heavy atom. The molecule has 1 atom stereocenters. The predicted octanol–water partition coefficient (Wildman–Crippen LogP) is 2.95. The van der Waals surface area contributed by atoms with Crippen LogP contribution in [0.15, 0.2) is 36.7 Å². The van der Waals surface area contributed by atoms with E-state index in [2.05, 4.69) is 22.2 Å². The monoisotopic (exact) mass is 323 g/mol. The molecule has 2 aromatic rings. The van der Waals surface area contributed by atoms with Crippen LogP contribution < -0.4 is 5.32 Å². The van der Waals surface area contributed by atoms with Crippen LogP contribution in [0, 0.1) is 5.82 Å². The molecule has 0 bridgehead atoms. The maximum atomic E-state index is 12.9. The van der Waals surface area contributed by atoms with Crippen LogP contribution in [-0.2, 0) is 6.54 Å². The van der Waals surface area contributed by atoms with Gasteiger partial charge in [0.2, 0.25) is 0 Å². The smallest absolute Gasteiger partial charge is 0.123 e. The highest BCUT2D eigenvalue weighted by Gasteiger charge is 2.13. The van der Waals surface area contributed by atoms with E-state index in [1.54, 1.807) is 16.8 Å². The van der Waals surface area contributed by atoms with Crippen LogP contribution in [0.25, 0.3) is 5.69 Å². The van der Waals surface area contributed by atoms with Gasteiger partial charge >= 0.3 is 0 Å². The number of thioether (sulfide) groups is 2. The number of aromatic nitrogens is 2. The topological polar surface area (TPSA) is 29.9 Å². The molecule has 1 aromatic heterocycles. The largest absolute Gasteiger partial charge is 0.311 e. The lowest BCUT2D eigenvalue weighted by Gasteiger charge is -2.20. The summed E-state index contributed by atoms with van der Waals surface area (Å²) >= 11 is 4.11. The Morgan fingerprint density at radius 1 is 1.29 bits per heavy atom. The van der Waals surface area contributed by atoms with Crippen molar-refractivity contribution in [1.29, 1.82) is 0 Å². The van der Waals surface area contributed by atoms with Crippen LogP contribution in [0.1, 0.15) is 5.56 Å². The van der Waals surface area contributed by atoms with E-state index >= 15 is 0 Å². The summed E-state index contributed by atoms with van der Waals surface area (Å²) in [5.41, 5.74) is 2.02. The van der Waals surface area contributed by atoms with Gasteiger partial charge in [0.25, 0.3) is 0 Å². The predicted molar refractivity (Wildman–Crippen MR) is 88.8 cm³/mol. The van der Waals surface area contributed by atoms with Gasteiger partial charge in [0, 0.05) is 47.4 Å². The van der Waals surface area contributed by atoms with Crippen molar-refractivity contribution >= 4 is 23.5 Å². The van der Waals surface area contributed by atoms with E-state index in [0.29, 0.717) is 0 Å². The minimum Gasteiger partial charge on any atom is -0.311 e. The number of benzene rings is 1. The number of rotatable bonds is 5. The van der Waals surface area contributed by atoms with Crippen molar-refractivity contribution < 1.29 is 4.39 Å². The molecule has 1 saturated heterocycles. The third-order valence-electron chi connectivity index (χ3n) is 3.31. The Morgan fingerprint density at radius 3 is 2.90 bits per heavy atom. The van der Waals surface area contributed by atoms with Crippen LogP contribution in [-0.4, -0.2) is 38.8 Å². The zero-order valence-electron chi connectivity index (χ0n) is 11.7. The molecule has 1 unspecified atom stereocenters. The molecule has 0 amide bonds. The van der Waals surface area contributed by atoms with Gasteiger partial charge in [-0.25, -0.2) is 9.07 Å². The van der Waals surface area contributed by atoms with Crippen molar-refractivity contribution in [2.24, 2.45) is 0 Å². The third kappa shape index (κ3) is 4.25. The van der Waals surface area contributed by atoms with E-state index in [1.165, 1.54) is 29.4 Å². The van der Waals surface area contributed by atoms with Gasteiger partial charge in [-0.1, -0.05) is 0 Å². The summed E-state index contributed by atoms with van der Waals surface area (Å²) in [5.74, 6) is 3.56. The molecule has 3 nitrogen and oxygen atoms in total. The van der Waals surface area contributed by atoms with E-state index < -0.39 is 0 Å². The fraction of sp³-hybridized carbons (Fsp3) is 0.400. The van der Waals surface area contributed by atoms with Crippen molar-refractivity contribution in [3.05, 3.63) is 48.0 Å². The molecule has 2 heterocycles. The fourth-order valence-electron chi connectivity index (χ4n) is 2.22. The lowest BCUT2D eigenvalue weighted by Crippen LogP contribution is -2.28. The van der Waals surface area contributed by atoms with E-state index in [0.717, 1.165) is 29.6 Å². The summed E-state index contributed by atoms with van der Waals surface area (Å²) < 4.78 is 14.7. The first kappa shape index (κ1) is 14.9. The molecule has 1 N–H and O–H groups in total. The first-order valence-electron chi connectivity index (χ1n) is 7.01. The number of hydrogen-bond donors (Lipinski definition) is 1. The molecule has 0 radical (unpaired) electrons. The first-order valence-corrected chi connectivity index (χ1v) is 9.21. The second-order valence-electron chi connectivity index (χ2n) is 4.97. The summed E-state index contributed by atoms with van der Waals surface area (Å²) in [6, 6.07) is 6.37. The summed E-state index contributed by atoms with van der Waals surface area (Å²) in [6.07, 6.45) is 3.85. The highest BCUT2D eigenvalue weighted by Crippen LogP contribution is 2.23. The average Bonchev–Trinajstić information content (AvgIpc) is 2.98. The SMILES string of the molecule is Fc1ccc(-n2cc(CNCC3CSCCS3)cn2)cc1. The minimum absolute atomic E-state index is 0.226. The normalized spacial score (nSPS) is 18.8. The molecule has 0 spiro atoms. The molecule has 21 heavy (non-hydrogen) atoms. The van der Waals surface area contributed by atoms with Gasteiger partial charge in [-0.05, 0) is 24.3 Å². The zero-order chi connectivity index (χ0) is 14.5. The summed E-state index contributed by atoms with van der Waals surface area (Å²) in [5, 5.41) is 8.54. The molecule has 1 aromatic carbocycles. The molecular weight excluding hydrogens is 305 g/mol. The Bertz CT molecular complexity index is 565. The number of nitrogens with one attached hydrogen (secondary N) is 1. The minimum atomic E-state index is -0.226. The molecule has 1 fully saturated rings. The van der Waals surface area contributed by atoms with Gasteiger partial charge in [0.15, 0.2) is 0 Å². The Balaban J connectivity index is 1.51. The first-order chi connectivity index (χ1) is 10.3. The van der Waals surface area contributed by atoms with Gasteiger partial charge < -0.3 is 5.32 Å². The zero-order valence-corrected chi connectivity index (χ0v) is 13.3. The van der Waals surface area contributed by atoms with Gasteiger partial charge in [0.1, 0.15) is 5.82 Å². The van der Waals surface area contributed by atoms with Crippen LogP contribution in [0.3, 0.4) is 0 Å². The Hall–Kier alpha value is -0.980. The number of nitrogens with zero attached hydrogens (tertiary/aromatic N) is 2. The molecule has 6 heteroatoms. The maximum absolute atomic E-state index is 12.9. The summed E-state index contributed by atoms with van der Waals surface area (Å²) in [7, 11) is 0. The third-order valence-corrected chi connectivity index (χ3v) is 6.16. The van der Waals surface area contributed by atoms with Crippen LogP contribution in [0.5, 0.6) is 0 Å². The molecular formula is C15H18FN3S2. The van der Waals surface area contributed by atoms with Gasteiger partial charge in [-0.2, -0.15) is 28.6 Å². The van der Waals surface area contributed by atoms with Crippen molar-refractivity contribution in [2.75, 3.05) is 23.8 Å². The van der Waals surface area contributed by atoms with Crippen molar-refractivity contribution in [1.82, 2.24) is 15.1 Å². The van der Waals surface area contributed by atoms with Crippen molar-refractivity contribution in [2.45, 2.75) is 11.8 Å². The second kappa shape index (κ2) is 7.33. The number of hydrogen-bond acceptors (Lipinski definition) is 4. The van der Waals surface area contributed by atoms with E-state index in [-0.39, 0.29) is 5.82 Å². The lowest BCUT2D eigenvalue weighted by atomic mass is 10.3. The molecule has 0 saturated carbocycles. The summed E-state index contributed by atoms with van der Waals surface area (Å²) in [4.78, 5) is 0. The maximum Gasteiger partial charge on any atom is 0.123 e. The Kier molecular flexibility index (Phi) is 5.22. The standard InChI is InChI=1S/C15H18FN3S2/c16-13-1-3-14(4-2-13)19-10-12(8-18-19)7-17-9-15-11-20-5-6-21-15/h1-4,8,10,15,17H,5-7,9,11H2. The van der Waals surface area contributed by atoms with E-state index in [9.17, 15) is 4.39 Å². The fourth-order valence-corrected chi connectivity index (χ4v) is 4.86. The van der Waals surface area contributed by atoms with E-state index in [1.807, 2.05) is 24.2 Å². The van der Waals surface area contributed by atoms with Gasteiger partial charge in [-0.15, -0.1) is 0 Å². The lowest BCUT2D eigenvalue weighted by molar-refractivity contribution is 0.627. The highest BCUT2D eigenvalue weighted by atomic mass is 32.2. The molecule has 3 rings (SSSR count). The van der Waals surface area contributed by atoms with Crippen LogP contribution in [0.4, 0.5) is 4.39 Å². The molecule has 0 aliphatic carbocycles. The van der Waals surface area contributed by atoms with Gasteiger partial charge in [-0.3, -0.25) is 0 Å². The van der Waals surface area contributed by atoms with Gasteiger partial charge in [0.05, 0.1) is 11.9 Å². The quantitative estimate of drug-likeness (QED) is 0.916. The Labute approximate surface area is 132 Å². The highest BCUT2D eigenvalue weighted by molar-refractivity contribution is 8.06. The molecule has 1 aliphatic rings. The molecule has 112 valence electrons. The summed E-state index contributed by atoms with van der Waals surface area (Å²) in [6.45, 7) is 1.86. The number of halogens is 1. The average molecular weight is 323 g/mol. The van der Waals surface area contributed by atoms with Crippen LogP contribution >= 0.6 is 23.5 Å². The van der Waals surface area contributed by atoms with Crippen LogP contribution in [0.2, 0.25) is 0 Å².